The second kappa shape index (κ2) is 3.69. The summed E-state index contributed by atoms with van der Waals surface area (Å²) >= 11 is 11.2. The van der Waals surface area contributed by atoms with Gasteiger partial charge in [-0.25, -0.2) is 4.98 Å². The number of aldehydes is 1. The van der Waals surface area contributed by atoms with E-state index in [1.54, 1.807) is 6.07 Å². The predicted octanol–water partition coefficient (Wildman–Crippen LogP) is 2.29. The Labute approximate surface area is 74.1 Å². The normalized spacial score (nSPS) is 9.64. The number of halogens is 2. The smallest absolute Gasteiger partial charge is 0.151 e. The van der Waals surface area contributed by atoms with Gasteiger partial charge in [0, 0.05) is 17.3 Å². The Morgan fingerprint density at radius 1 is 1.64 bits per heavy atom. The van der Waals surface area contributed by atoms with Crippen molar-refractivity contribution in [1.29, 1.82) is 0 Å². The molecule has 0 bridgehead atoms. The van der Waals surface area contributed by atoms with Crippen LogP contribution in [0.5, 0.6) is 0 Å². The molecular formula is C7H5Cl2NO. The van der Waals surface area contributed by atoms with Gasteiger partial charge in [0.2, 0.25) is 0 Å². The van der Waals surface area contributed by atoms with Gasteiger partial charge in [0.25, 0.3) is 0 Å². The molecule has 1 aromatic heterocycles. The average molecular weight is 190 g/mol. The van der Waals surface area contributed by atoms with Gasteiger partial charge in [0.15, 0.2) is 6.29 Å². The molecule has 1 rings (SSSR count). The average Bonchev–Trinajstić information content (AvgIpc) is 2.05. The summed E-state index contributed by atoms with van der Waals surface area (Å²) in [6, 6.07) is 1.62. The maximum atomic E-state index is 10.3. The number of pyridine rings is 1. The lowest BCUT2D eigenvalue weighted by Gasteiger charge is -1.97. The van der Waals surface area contributed by atoms with Crippen LogP contribution in [0.4, 0.5) is 0 Å². The highest BCUT2D eigenvalue weighted by molar-refractivity contribution is 6.31. The highest BCUT2D eigenvalue weighted by Gasteiger charge is 2.00. The van der Waals surface area contributed by atoms with E-state index in [0.717, 1.165) is 0 Å². The molecule has 11 heavy (non-hydrogen) atoms. The molecular weight excluding hydrogens is 185 g/mol. The van der Waals surface area contributed by atoms with Crippen LogP contribution in [0.3, 0.4) is 0 Å². The van der Waals surface area contributed by atoms with Crippen LogP contribution in [0.25, 0.3) is 0 Å². The van der Waals surface area contributed by atoms with E-state index in [1.165, 1.54) is 6.20 Å². The van der Waals surface area contributed by atoms with Crippen molar-refractivity contribution in [1.82, 2.24) is 4.98 Å². The second-order valence-electron chi connectivity index (χ2n) is 1.97. The molecule has 58 valence electrons. The van der Waals surface area contributed by atoms with Gasteiger partial charge in [-0.3, -0.25) is 4.79 Å². The zero-order chi connectivity index (χ0) is 8.27. The topological polar surface area (TPSA) is 30.0 Å². The molecule has 1 aromatic rings. The van der Waals surface area contributed by atoms with E-state index in [1.807, 2.05) is 0 Å². The maximum absolute atomic E-state index is 10.3. The standard InChI is InChI=1S/C7H5Cl2NO/c8-2-6-1-5(4-11)3-10-7(6)9/h1,3-4H,2H2. The zero-order valence-corrected chi connectivity index (χ0v) is 7.06. The van der Waals surface area contributed by atoms with Crippen LogP contribution in [0.15, 0.2) is 12.3 Å². The van der Waals surface area contributed by atoms with E-state index in [-0.39, 0.29) is 5.88 Å². The van der Waals surface area contributed by atoms with Crippen molar-refractivity contribution in [3.8, 4) is 0 Å². The molecule has 0 aliphatic carbocycles. The van der Waals surface area contributed by atoms with Crippen LogP contribution in [-0.2, 0) is 5.88 Å². The maximum Gasteiger partial charge on any atom is 0.151 e. The van der Waals surface area contributed by atoms with E-state index >= 15 is 0 Å². The van der Waals surface area contributed by atoms with E-state index in [0.29, 0.717) is 22.6 Å². The Hall–Kier alpha value is -0.600. The highest BCUT2D eigenvalue weighted by atomic mass is 35.5. The molecule has 0 aliphatic rings. The van der Waals surface area contributed by atoms with Gasteiger partial charge in [-0.1, -0.05) is 11.6 Å². The highest BCUT2D eigenvalue weighted by Crippen LogP contribution is 2.15. The van der Waals surface area contributed by atoms with Gasteiger partial charge < -0.3 is 0 Å². The van der Waals surface area contributed by atoms with Gasteiger partial charge in [0.05, 0.1) is 5.88 Å². The van der Waals surface area contributed by atoms with Crippen LogP contribution in [-0.4, -0.2) is 11.3 Å². The summed E-state index contributed by atoms with van der Waals surface area (Å²) in [6.07, 6.45) is 2.12. The summed E-state index contributed by atoms with van der Waals surface area (Å²) in [7, 11) is 0. The summed E-state index contributed by atoms with van der Waals surface area (Å²) in [5.41, 5.74) is 1.17. The third-order valence-electron chi connectivity index (χ3n) is 1.21. The fourth-order valence-electron chi connectivity index (χ4n) is 0.670. The molecule has 0 radical (unpaired) electrons. The first-order chi connectivity index (χ1) is 5.27. The van der Waals surface area contributed by atoms with Crippen molar-refractivity contribution in [3.05, 3.63) is 28.5 Å². The quantitative estimate of drug-likeness (QED) is 0.406. The summed E-state index contributed by atoms with van der Waals surface area (Å²) in [6.45, 7) is 0. The third kappa shape index (κ3) is 1.91. The molecule has 2 nitrogen and oxygen atoms in total. The molecule has 0 aliphatic heterocycles. The summed E-state index contributed by atoms with van der Waals surface area (Å²) in [5.74, 6) is 0.271. The van der Waals surface area contributed by atoms with Gasteiger partial charge in [-0.05, 0) is 6.07 Å². The summed E-state index contributed by atoms with van der Waals surface area (Å²) < 4.78 is 0. The zero-order valence-electron chi connectivity index (χ0n) is 5.55. The van der Waals surface area contributed by atoms with Gasteiger partial charge in [-0.2, -0.15) is 0 Å². The minimum atomic E-state index is 0.271. The summed E-state index contributed by atoms with van der Waals surface area (Å²) in [4.78, 5) is 14.0. The van der Waals surface area contributed by atoms with E-state index < -0.39 is 0 Å². The Bertz CT molecular complexity index is 275. The molecule has 0 fully saturated rings. The lowest BCUT2D eigenvalue weighted by atomic mass is 10.2. The molecule has 0 unspecified atom stereocenters. The number of alkyl halides is 1. The monoisotopic (exact) mass is 189 g/mol. The van der Waals surface area contributed by atoms with Crippen LogP contribution < -0.4 is 0 Å². The lowest BCUT2D eigenvalue weighted by molar-refractivity contribution is 0.112. The Morgan fingerprint density at radius 2 is 2.36 bits per heavy atom. The van der Waals surface area contributed by atoms with Crippen molar-refractivity contribution in [2.45, 2.75) is 5.88 Å². The van der Waals surface area contributed by atoms with E-state index in [9.17, 15) is 4.79 Å². The first-order valence-electron chi connectivity index (χ1n) is 2.93. The minimum absolute atomic E-state index is 0.271. The predicted molar refractivity (Wildman–Crippen MR) is 44.2 cm³/mol. The van der Waals surface area contributed by atoms with Crippen LogP contribution >= 0.6 is 23.2 Å². The molecule has 0 spiro atoms. The van der Waals surface area contributed by atoms with Gasteiger partial charge in [0.1, 0.15) is 5.15 Å². The second-order valence-corrected chi connectivity index (χ2v) is 2.60. The number of carbonyl (C=O) groups excluding carboxylic acids is 1. The van der Waals surface area contributed by atoms with Gasteiger partial charge in [-0.15, -0.1) is 11.6 Å². The van der Waals surface area contributed by atoms with Crippen molar-refractivity contribution in [2.75, 3.05) is 0 Å². The minimum Gasteiger partial charge on any atom is -0.298 e. The molecule has 1 heterocycles. The van der Waals surface area contributed by atoms with E-state index in [2.05, 4.69) is 4.98 Å². The largest absolute Gasteiger partial charge is 0.298 e. The Balaban J connectivity index is 3.12. The first-order valence-corrected chi connectivity index (χ1v) is 3.84. The number of nitrogens with zero attached hydrogens (tertiary/aromatic N) is 1. The number of aromatic nitrogens is 1. The molecule has 4 heteroatoms. The van der Waals surface area contributed by atoms with Gasteiger partial charge >= 0.3 is 0 Å². The number of hydrogen-bond acceptors (Lipinski definition) is 2. The van der Waals surface area contributed by atoms with Crippen LogP contribution in [0, 0.1) is 0 Å². The lowest BCUT2D eigenvalue weighted by Crippen LogP contribution is -1.88. The van der Waals surface area contributed by atoms with Crippen molar-refractivity contribution in [3.63, 3.8) is 0 Å². The third-order valence-corrected chi connectivity index (χ3v) is 1.84. The molecule has 0 N–H and O–H groups in total. The molecule has 0 saturated carbocycles. The molecule has 0 atom stereocenters. The van der Waals surface area contributed by atoms with E-state index in [4.69, 9.17) is 23.2 Å². The van der Waals surface area contributed by atoms with Crippen molar-refractivity contribution in [2.24, 2.45) is 0 Å². The SMILES string of the molecule is O=Cc1cnc(Cl)c(CCl)c1. The Kier molecular flexibility index (Phi) is 2.85. The fourth-order valence-corrected chi connectivity index (χ4v) is 1.11. The number of rotatable bonds is 2. The first kappa shape index (κ1) is 8.50. The molecule has 0 amide bonds. The molecule has 0 aromatic carbocycles. The van der Waals surface area contributed by atoms with Crippen LogP contribution in [0.2, 0.25) is 5.15 Å². The fraction of sp³-hybridized carbons (Fsp3) is 0.143. The molecule has 0 saturated heterocycles. The number of hydrogen-bond donors (Lipinski definition) is 0. The summed E-state index contributed by atoms with van der Waals surface area (Å²) in [5, 5.41) is 0.352. The van der Waals surface area contributed by atoms with Crippen molar-refractivity contribution < 1.29 is 4.79 Å². The van der Waals surface area contributed by atoms with Crippen molar-refractivity contribution >= 4 is 29.5 Å². The van der Waals surface area contributed by atoms with Crippen LogP contribution in [0.1, 0.15) is 15.9 Å². The Morgan fingerprint density at radius 3 is 2.91 bits per heavy atom. The number of carbonyl (C=O) groups is 1.